The van der Waals surface area contributed by atoms with Gasteiger partial charge >= 0.3 is 0 Å². The average molecular weight is 253 g/mol. The highest BCUT2D eigenvalue weighted by molar-refractivity contribution is 7.20. The van der Waals surface area contributed by atoms with Gasteiger partial charge in [0.1, 0.15) is 8.07 Å². The van der Waals surface area contributed by atoms with Crippen LogP contribution < -0.4 is 5.19 Å². The lowest BCUT2D eigenvalue weighted by Crippen LogP contribution is -2.50. The first-order chi connectivity index (χ1) is 6.89. The number of hydrogen-bond donors (Lipinski definition) is 0. The second kappa shape index (κ2) is 3.43. The summed E-state index contributed by atoms with van der Waals surface area (Å²) in [5.74, 6) is 0. The second-order valence-corrected chi connectivity index (χ2v) is 16.6. The summed E-state index contributed by atoms with van der Waals surface area (Å²) < 4.78 is 0. The summed E-state index contributed by atoms with van der Waals surface area (Å²) in [4.78, 5) is 3.45. The predicted molar refractivity (Wildman–Crippen MR) is 77.4 cm³/mol. The van der Waals surface area contributed by atoms with Gasteiger partial charge in [0.15, 0.2) is 0 Å². The molecular formula is C12H20SSi2. The lowest BCUT2D eigenvalue weighted by molar-refractivity contribution is 1.39. The highest BCUT2D eigenvalue weighted by Crippen LogP contribution is 2.37. The Morgan fingerprint density at radius 3 is 2.53 bits per heavy atom. The molecule has 15 heavy (non-hydrogen) atoms. The molecule has 0 bridgehead atoms. The molecule has 1 aliphatic heterocycles. The van der Waals surface area contributed by atoms with Crippen LogP contribution >= 0.6 is 11.3 Å². The lowest BCUT2D eigenvalue weighted by Gasteiger charge is -2.32. The van der Waals surface area contributed by atoms with Crippen LogP contribution in [0.2, 0.25) is 32.2 Å². The van der Waals surface area contributed by atoms with Crippen molar-refractivity contribution in [2.45, 2.75) is 39.2 Å². The van der Waals surface area contributed by atoms with Gasteiger partial charge in [-0.3, -0.25) is 0 Å². The first kappa shape index (κ1) is 11.4. The van der Waals surface area contributed by atoms with Crippen molar-refractivity contribution in [1.29, 1.82) is 0 Å². The Balaban J connectivity index is 2.57. The maximum atomic E-state index is 2.57. The summed E-state index contributed by atoms with van der Waals surface area (Å²) in [5, 5.41) is 3.98. The van der Waals surface area contributed by atoms with E-state index in [0.717, 1.165) is 0 Å². The van der Waals surface area contributed by atoms with E-state index in [0.29, 0.717) is 0 Å². The maximum absolute atomic E-state index is 2.57. The van der Waals surface area contributed by atoms with E-state index in [1.54, 1.807) is 10.1 Å². The first-order valence-corrected chi connectivity index (χ1v) is 12.8. The van der Waals surface area contributed by atoms with Gasteiger partial charge in [0.2, 0.25) is 0 Å². The smallest absolute Gasteiger partial charge is 0.108 e. The standard InChI is InChI=1S/C12H20SSi2/c1-6-15(5)11-7-8-13-10(11)9-12(15)14(2,3)4/h7-9H,6H2,1-5H3. The van der Waals surface area contributed by atoms with Crippen LogP contribution in [0.4, 0.5) is 0 Å². The molecule has 0 fully saturated rings. The van der Waals surface area contributed by atoms with Crippen molar-refractivity contribution in [3.8, 4) is 0 Å². The molecule has 0 aliphatic carbocycles. The summed E-state index contributed by atoms with van der Waals surface area (Å²) in [5.41, 5.74) is 0. The fourth-order valence-corrected chi connectivity index (χ4v) is 15.4. The van der Waals surface area contributed by atoms with Crippen LogP contribution in [0.1, 0.15) is 11.8 Å². The summed E-state index contributed by atoms with van der Waals surface area (Å²) >= 11 is 1.93. The van der Waals surface area contributed by atoms with E-state index >= 15 is 0 Å². The largest absolute Gasteiger partial charge is 0.145 e. The van der Waals surface area contributed by atoms with E-state index in [1.807, 2.05) is 16.2 Å². The minimum atomic E-state index is -1.26. The van der Waals surface area contributed by atoms with Crippen LogP contribution in [0.25, 0.3) is 6.08 Å². The third kappa shape index (κ3) is 1.61. The van der Waals surface area contributed by atoms with Gasteiger partial charge in [-0.25, -0.2) is 0 Å². The summed E-state index contributed by atoms with van der Waals surface area (Å²) in [7, 11) is -2.37. The van der Waals surface area contributed by atoms with Crippen molar-refractivity contribution >= 4 is 38.7 Å². The molecule has 0 saturated heterocycles. The molecule has 0 amide bonds. The zero-order valence-corrected chi connectivity index (χ0v) is 13.2. The van der Waals surface area contributed by atoms with Crippen molar-refractivity contribution in [3.05, 3.63) is 21.1 Å². The third-order valence-corrected chi connectivity index (χ3v) is 14.8. The minimum Gasteiger partial charge on any atom is -0.145 e. The molecule has 0 nitrogen and oxygen atoms in total. The second-order valence-electron chi connectivity index (χ2n) is 5.69. The Morgan fingerprint density at radius 2 is 2.00 bits per heavy atom. The molecule has 0 radical (unpaired) electrons. The molecular weight excluding hydrogens is 232 g/mol. The number of thiophene rings is 1. The topological polar surface area (TPSA) is 0 Å². The van der Waals surface area contributed by atoms with Gasteiger partial charge in [0, 0.05) is 4.88 Å². The molecule has 1 atom stereocenters. The fourth-order valence-electron chi connectivity index (χ4n) is 2.75. The van der Waals surface area contributed by atoms with Gasteiger partial charge in [-0.05, 0) is 10.6 Å². The molecule has 2 heterocycles. The van der Waals surface area contributed by atoms with Crippen molar-refractivity contribution in [2.75, 3.05) is 0 Å². The number of hydrogen-bond acceptors (Lipinski definition) is 1. The molecule has 82 valence electrons. The van der Waals surface area contributed by atoms with Gasteiger partial charge in [0.05, 0.1) is 8.07 Å². The van der Waals surface area contributed by atoms with Crippen LogP contribution in [0.3, 0.4) is 0 Å². The Labute approximate surface area is 99.1 Å². The molecule has 1 aromatic heterocycles. The Hall–Kier alpha value is -0.126. The van der Waals surface area contributed by atoms with E-state index in [-0.39, 0.29) is 0 Å². The zero-order valence-electron chi connectivity index (χ0n) is 10.3. The minimum absolute atomic E-state index is 1.11. The normalized spacial score (nSPS) is 25.3. The summed E-state index contributed by atoms with van der Waals surface area (Å²) in [6, 6.07) is 3.76. The lowest BCUT2D eigenvalue weighted by atomic mass is 10.5. The SMILES string of the molecule is CC[Si]1(C)C([Si](C)(C)C)=Cc2sccc21. The first-order valence-electron chi connectivity index (χ1n) is 5.70. The average Bonchev–Trinajstić information content (AvgIpc) is 2.67. The summed E-state index contributed by atoms with van der Waals surface area (Å²) in [6.07, 6.45) is 2.54. The highest BCUT2D eigenvalue weighted by atomic mass is 32.1. The van der Waals surface area contributed by atoms with Crippen molar-refractivity contribution < 1.29 is 0 Å². The van der Waals surface area contributed by atoms with E-state index in [2.05, 4.69) is 50.6 Å². The number of rotatable bonds is 2. The molecule has 0 aromatic carbocycles. The molecule has 2 rings (SSSR count). The van der Waals surface area contributed by atoms with Crippen LogP contribution in [0.15, 0.2) is 16.3 Å². The maximum Gasteiger partial charge on any atom is 0.108 e. The highest BCUT2D eigenvalue weighted by Gasteiger charge is 2.43. The van der Waals surface area contributed by atoms with E-state index in [4.69, 9.17) is 0 Å². The Kier molecular flexibility index (Phi) is 2.60. The van der Waals surface area contributed by atoms with Gasteiger partial charge in [-0.1, -0.05) is 56.1 Å². The Bertz CT molecular complexity index is 412. The third-order valence-electron chi connectivity index (χ3n) is 3.67. The van der Waals surface area contributed by atoms with E-state index < -0.39 is 16.1 Å². The van der Waals surface area contributed by atoms with Gasteiger partial charge in [-0.15, -0.1) is 11.3 Å². The Morgan fingerprint density at radius 1 is 1.33 bits per heavy atom. The van der Waals surface area contributed by atoms with Crippen LogP contribution in [-0.2, 0) is 0 Å². The molecule has 0 spiro atoms. The molecule has 3 heteroatoms. The quantitative estimate of drug-likeness (QED) is 0.701. The van der Waals surface area contributed by atoms with Crippen molar-refractivity contribution in [2.24, 2.45) is 0 Å². The summed E-state index contributed by atoms with van der Waals surface area (Å²) in [6.45, 7) is 12.4. The van der Waals surface area contributed by atoms with E-state index in [1.165, 1.54) is 6.04 Å². The van der Waals surface area contributed by atoms with Crippen molar-refractivity contribution in [3.63, 3.8) is 0 Å². The monoisotopic (exact) mass is 252 g/mol. The zero-order chi connectivity index (χ0) is 11.3. The molecule has 1 aromatic rings. The molecule has 0 saturated carbocycles. The number of fused-ring (bicyclic) bond motifs is 1. The van der Waals surface area contributed by atoms with Crippen LogP contribution in [0, 0.1) is 0 Å². The molecule has 1 aliphatic rings. The fraction of sp³-hybridized carbons (Fsp3) is 0.500. The van der Waals surface area contributed by atoms with Crippen molar-refractivity contribution in [1.82, 2.24) is 0 Å². The van der Waals surface area contributed by atoms with Gasteiger partial charge < -0.3 is 0 Å². The van der Waals surface area contributed by atoms with Crippen LogP contribution in [-0.4, -0.2) is 16.1 Å². The van der Waals surface area contributed by atoms with Gasteiger partial charge in [0.25, 0.3) is 0 Å². The van der Waals surface area contributed by atoms with E-state index in [9.17, 15) is 0 Å². The predicted octanol–water partition coefficient (Wildman–Crippen LogP) is 3.87. The van der Waals surface area contributed by atoms with Crippen LogP contribution in [0.5, 0.6) is 0 Å². The molecule has 1 unspecified atom stereocenters. The van der Waals surface area contributed by atoms with Gasteiger partial charge in [-0.2, -0.15) is 0 Å². The molecule has 0 N–H and O–H groups in total.